The Bertz CT molecular complexity index is 1060. The van der Waals surface area contributed by atoms with Crippen molar-refractivity contribution in [2.75, 3.05) is 25.2 Å². The third-order valence-electron chi connectivity index (χ3n) is 5.71. The van der Waals surface area contributed by atoms with Crippen molar-refractivity contribution in [2.45, 2.75) is 25.6 Å². The number of ether oxygens (including phenoxy) is 4. The van der Waals surface area contributed by atoms with Crippen molar-refractivity contribution < 1.29 is 23.7 Å². The van der Waals surface area contributed by atoms with Crippen LogP contribution in [0.15, 0.2) is 55.1 Å². The van der Waals surface area contributed by atoms with Crippen molar-refractivity contribution in [2.24, 2.45) is 5.92 Å². The van der Waals surface area contributed by atoms with Crippen LogP contribution in [0.2, 0.25) is 0 Å². The van der Waals surface area contributed by atoms with Gasteiger partial charge in [0.2, 0.25) is 5.72 Å². The van der Waals surface area contributed by atoms with Gasteiger partial charge in [-0.25, -0.2) is 0 Å². The number of carbonyl (C=O) groups is 1. The minimum atomic E-state index is -1.21. The molecule has 7 nitrogen and oxygen atoms in total. The number of nitrogens with zero attached hydrogens (tertiary/aromatic N) is 1. The van der Waals surface area contributed by atoms with Gasteiger partial charge < -0.3 is 24.3 Å². The van der Waals surface area contributed by atoms with Gasteiger partial charge in [0.25, 0.3) is 0 Å². The summed E-state index contributed by atoms with van der Waals surface area (Å²) in [4.78, 5) is 15.1. The second kappa shape index (κ2) is 8.70. The van der Waals surface area contributed by atoms with E-state index < -0.39 is 23.7 Å². The van der Waals surface area contributed by atoms with Gasteiger partial charge in [0.1, 0.15) is 18.3 Å². The molecule has 0 aliphatic carbocycles. The molecule has 0 spiro atoms. The molecule has 1 N–H and O–H groups in total. The minimum Gasteiger partial charge on any atom is -0.495 e. The lowest BCUT2D eigenvalue weighted by Crippen LogP contribution is -2.71. The number of fused-ring (bicyclic) bond motifs is 4. The minimum absolute atomic E-state index is 0.100. The van der Waals surface area contributed by atoms with Crippen molar-refractivity contribution in [3.8, 4) is 17.2 Å². The fraction of sp³-hybridized carbons (Fsp3) is 0.333. The Morgan fingerprint density at radius 2 is 2.03 bits per heavy atom. The van der Waals surface area contributed by atoms with Crippen LogP contribution in [0, 0.1) is 5.92 Å². The number of para-hydroxylation sites is 3. The van der Waals surface area contributed by atoms with E-state index in [4.69, 9.17) is 31.2 Å². The van der Waals surface area contributed by atoms with Crippen LogP contribution in [0.25, 0.3) is 0 Å². The van der Waals surface area contributed by atoms with Crippen molar-refractivity contribution in [3.63, 3.8) is 0 Å². The van der Waals surface area contributed by atoms with E-state index in [0.717, 1.165) is 5.56 Å². The summed E-state index contributed by atoms with van der Waals surface area (Å²) >= 11 is 5.76. The summed E-state index contributed by atoms with van der Waals surface area (Å²) in [5.74, 6) is 0.628. The van der Waals surface area contributed by atoms with Crippen LogP contribution in [-0.4, -0.2) is 37.1 Å². The first-order valence-electron chi connectivity index (χ1n) is 10.4. The van der Waals surface area contributed by atoms with E-state index in [2.05, 4.69) is 11.9 Å². The fourth-order valence-electron chi connectivity index (χ4n) is 4.41. The molecule has 4 rings (SSSR count). The van der Waals surface area contributed by atoms with Gasteiger partial charge in [-0.15, -0.1) is 0 Å². The van der Waals surface area contributed by atoms with Gasteiger partial charge in [-0.3, -0.25) is 9.69 Å². The molecule has 0 radical (unpaired) electrons. The molecule has 2 aliphatic heterocycles. The van der Waals surface area contributed by atoms with Gasteiger partial charge in [-0.1, -0.05) is 36.9 Å². The Hall–Kier alpha value is -3.26. The maximum Gasteiger partial charge on any atom is 0.317 e. The van der Waals surface area contributed by atoms with Crippen molar-refractivity contribution in [1.29, 1.82) is 0 Å². The molecule has 0 amide bonds. The SMILES string of the molecule is C=CCOC(=O)C1C2NC(=S)N(c3ccccc3OC)C1(C)Oc1c(OCC)cccc12. The normalized spacial score (nSPS) is 23.3. The number of anilines is 1. The molecular weight excluding hydrogens is 428 g/mol. The smallest absolute Gasteiger partial charge is 0.317 e. The summed E-state index contributed by atoms with van der Waals surface area (Å²) in [6, 6.07) is 12.6. The van der Waals surface area contributed by atoms with Gasteiger partial charge in [-0.05, 0) is 44.3 Å². The lowest BCUT2D eigenvalue weighted by atomic mass is 9.79. The van der Waals surface area contributed by atoms with Crippen LogP contribution in [0.1, 0.15) is 25.5 Å². The van der Waals surface area contributed by atoms with E-state index in [1.807, 2.05) is 56.3 Å². The average Bonchev–Trinajstić information content (AvgIpc) is 2.78. The Balaban J connectivity index is 1.91. The fourth-order valence-corrected chi connectivity index (χ4v) is 4.82. The van der Waals surface area contributed by atoms with Crippen LogP contribution >= 0.6 is 12.2 Å². The van der Waals surface area contributed by atoms with Crippen molar-refractivity contribution in [1.82, 2.24) is 5.32 Å². The third-order valence-corrected chi connectivity index (χ3v) is 6.01. The molecule has 168 valence electrons. The molecule has 2 aliphatic rings. The molecule has 2 bridgehead atoms. The monoisotopic (exact) mass is 454 g/mol. The molecule has 2 aromatic carbocycles. The zero-order chi connectivity index (χ0) is 22.9. The summed E-state index contributed by atoms with van der Waals surface area (Å²) in [6.07, 6.45) is 1.54. The number of hydrogen-bond donors (Lipinski definition) is 1. The number of thiocarbonyl (C=S) groups is 1. The average molecular weight is 455 g/mol. The summed E-state index contributed by atoms with van der Waals surface area (Å²) in [6.45, 7) is 7.97. The molecular formula is C24H26N2O5S. The standard InChI is InChI=1S/C24H26N2O5S/c1-5-14-30-22(27)19-20-15-10-9-13-18(29-6-2)21(15)31-24(19,3)26(23(32)25-20)16-11-7-8-12-17(16)28-4/h5,7-13,19-20H,1,6,14H2,2-4H3,(H,25,32). The molecule has 8 heteroatoms. The van der Waals surface area contributed by atoms with E-state index in [0.29, 0.717) is 34.7 Å². The molecule has 32 heavy (non-hydrogen) atoms. The molecule has 2 aromatic rings. The predicted octanol–water partition coefficient (Wildman–Crippen LogP) is 3.98. The zero-order valence-electron chi connectivity index (χ0n) is 18.3. The molecule has 3 unspecified atom stereocenters. The lowest BCUT2D eigenvalue weighted by Gasteiger charge is -2.55. The highest BCUT2D eigenvalue weighted by Gasteiger charge is 2.60. The van der Waals surface area contributed by atoms with E-state index in [1.54, 1.807) is 12.0 Å². The first-order valence-corrected chi connectivity index (χ1v) is 10.8. The molecule has 0 aromatic heterocycles. The van der Waals surface area contributed by atoms with Gasteiger partial charge in [0, 0.05) is 5.56 Å². The molecule has 3 atom stereocenters. The quantitative estimate of drug-likeness (QED) is 0.383. The second-order valence-corrected chi connectivity index (χ2v) is 7.98. The lowest BCUT2D eigenvalue weighted by molar-refractivity contribution is -0.159. The first kappa shape index (κ1) is 22.0. The number of nitrogens with one attached hydrogen (secondary N) is 1. The Kier molecular flexibility index (Phi) is 5.97. The topological polar surface area (TPSA) is 69.3 Å². The highest BCUT2D eigenvalue weighted by molar-refractivity contribution is 7.80. The van der Waals surface area contributed by atoms with Crippen LogP contribution in [0.5, 0.6) is 17.2 Å². The van der Waals surface area contributed by atoms with E-state index in [-0.39, 0.29) is 6.61 Å². The number of hydrogen-bond acceptors (Lipinski definition) is 6. The van der Waals surface area contributed by atoms with Crippen LogP contribution in [0.4, 0.5) is 5.69 Å². The van der Waals surface area contributed by atoms with Crippen LogP contribution < -0.4 is 24.4 Å². The number of benzene rings is 2. The Morgan fingerprint density at radius 1 is 1.28 bits per heavy atom. The summed E-state index contributed by atoms with van der Waals surface area (Å²) in [5.41, 5.74) is 0.253. The van der Waals surface area contributed by atoms with Crippen molar-refractivity contribution >= 4 is 29.0 Å². The molecule has 1 saturated heterocycles. The predicted molar refractivity (Wildman–Crippen MR) is 125 cm³/mol. The highest BCUT2D eigenvalue weighted by atomic mass is 32.1. The summed E-state index contributed by atoms with van der Waals surface area (Å²) in [5, 5.41) is 3.76. The maximum atomic E-state index is 13.3. The van der Waals surface area contributed by atoms with Gasteiger partial charge in [0.15, 0.2) is 16.6 Å². The van der Waals surface area contributed by atoms with Crippen LogP contribution in [0.3, 0.4) is 0 Å². The summed E-state index contributed by atoms with van der Waals surface area (Å²) in [7, 11) is 1.59. The van der Waals surface area contributed by atoms with Gasteiger partial charge >= 0.3 is 5.97 Å². The van der Waals surface area contributed by atoms with Crippen LogP contribution in [-0.2, 0) is 9.53 Å². The van der Waals surface area contributed by atoms with Gasteiger partial charge in [0.05, 0.1) is 25.4 Å². The van der Waals surface area contributed by atoms with E-state index in [1.165, 1.54) is 6.08 Å². The Morgan fingerprint density at radius 3 is 2.75 bits per heavy atom. The van der Waals surface area contributed by atoms with Gasteiger partial charge in [-0.2, -0.15) is 0 Å². The zero-order valence-corrected chi connectivity index (χ0v) is 19.1. The molecule has 1 fully saturated rings. The van der Waals surface area contributed by atoms with Crippen molar-refractivity contribution in [3.05, 3.63) is 60.7 Å². The largest absolute Gasteiger partial charge is 0.495 e. The molecule has 0 saturated carbocycles. The third kappa shape index (κ3) is 3.44. The number of carbonyl (C=O) groups excluding carboxylic acids is 1. The summed E-state index contributed by atoms with van der Waals surface area (Å²) < 4.78 is 23.5. The molecule has 2 heterocycles. The second-order valence-electron chi connectivity index (χ2n) is 7.60. The Labute approximate surface area is 192 Å². The first-order chi connectivity index (χ1) is 15.5. The number of esters is 1. The van der Waals surface area contributed by atoms with E-state index >= 15 is 0 Å². The van der Waals surface area contributed by atoms with E-state index in [9.17, 15) is 4.79 Å². The number of rotatable bonds is 7. The maximum absolute atomic E-state index is 13.3. The highest BCUT2D eigenvalue weighted by Crippen LogP contribution is 2.53. The number of methoxy groups -OCH3 is 1.